The van der Waals surface area contributed by atoms with Gasteiger partial charge in [-0.3, -0.25) is 4.79 Å². The lowest BCUT2D eigenvalue weighted by molar-refractivity contribution is -0.115. The molecule has 0 fully saturated rings. The van der Waals surface area contributed by atoms with E-state index >= 15 is 0 Å². The molecule has 0 aliphatic heterocycles. The topological polar surface area (TPSA) is 67.0 Å². The number of H-pyrrole nitrogens is 1. The van der Waals surface area contributed by atoms with Crippen LogP contribution in [0.15, 0.2) is 78.9 Å². The van der Waals surface area contributed by atoms with Crippen LogP contribution in [0.2, 0.25) is 0 Å². The number of amides is 1. The first kappa shape index (κ1) is 20.4. The fourth-order valence-corrected chi connectivity index (χ4v) is 3.31. The van der Waals surface area contributed by atoms with Crippen LogP contribution in [0.3, 0.4) is 0 Å². The molecule has 0 spiro atoms. The number of hydrogen-bond acceptors (Lipinski definition) is 3. The van der Waals surface area contributed by atoms with Gasteiger partial charge in [-0.25, -0.2) is 4.98 Å². The molecule has 31 heavy (non-hydrogen) atoms. The summed E-state index contributed by atoms with van der Waals surface area (Å²) in [5.41, 5.74) is 3.99. The fraction of sp³-hybridized carbons (Fsp3) is 0.154. The average molecular weight is 412 g/mol. The summed E-state index contributed by atoms with van der Waals surface area (Å²) < 4.78 is 5.94. The van der Waals surface area contributed by atoms with Crippen molar-refractivity contribution in [2.45, 2.75) is 26.5 Å². The predicted octanol–water partition coefficient (Wildman–Crippen LogP) is 5.21. The van der Waals surface area contributed by atoms with Gasteiger partial charge in [-0.15, -0.1) is 0 Å². The number of carbonyl (C=O) groups excluding carboxylic acids is 1. The number of para-hydroxylation sites is 3. The summed E-state index contributed by atoms with van der Waals surface area (Å²) in [6, 6.07) is 25.3. The van der Waals surface area contributed by atoms with Crippen LogP contribution in [0.25, 0.3) is 22.7 Å². The number of benzene rings is 3. The van der Waals surface area contributed by atoms with Crippen LogP contribution in [0.4, 0.5) is 0 Å². The Morgan fingerprint density at radius 3 is 2.48 bits per heavy atom. The number of imidazole rings is 1. The van der Waals surface area contributed by atoms with Gasteiger partial charge in [0.2, 0.25) is 0 Å². The summed E-state index contributed by atoms with van der Waals surface area (Å²) >= 11 is 0. The number of rotatable bonds is 7. The Labute approximate surface area is 181 Å². The Morgan fingerprint density at radius 1 is 1.00 bits per heavy atom. The lowest BCUT2D eigenvalue weighted by atomic mass is 10.1. The van der Waals surface area contributed by atoms with E-state index in [1.54, 1.807) is 0 Å². The van der Waals surface area contributed by atoms with E-state index in [1.165, 1.54) is 0 Å². The molecular formula is C26H25N3O2. The molecule has 1 amide bonds. The van der Waals surface area contributed by atoms with Gasteiger partial charge in [-0.05, 0) is 43.7 Å². The second kappa shape index (κ2) is 9.30. The first-order valence-electron chi connectivity index (χ1n) is 10.3. The van der Waals surface area contributed by atoms with Gasteiger partial charge in [-0.1, -0.05) is 60.7 Å². The number of ether oxygens (including phenoxy) is 1. The maximum Gasteiger partial charge on any atom is 0.255 e. The third kappa shape index (κ3) is 5.01. The van der Waals surface area contributed by atoms with Gasteiger partial charge in [0.25, 0.3) is 5.91 Å². The van der Waals surface area contributed by atoms with Crippen LogP contribution in [0.5, 0.6) is 5.75 Å². The lowest BCUT2D eigenvalue weighted by Crippen LogP contribution is -2.24. The van der Waals surface area contributed by atoms with Gasteiger partial charge in [0.1, 0.15) is 11.6 Å². The van der Waals surface area contributed by atoms with Gasteiger partial charge >= 0.3 is 0 Å². The molecule has 0 aliphatic rings. The van der Waals surface area contributed by atoms with E-state index < -0.39 is 0 Å². The maximum absolute atomic E-state index is 13.3. The van der Waals surface area contributed by atoms with E-state index in [1.807, 2.05) is 98.8 Å². The average Bonchev–Trinajstić information content (AvgIpc) is 3.21. The summed E-state index contributed by atoms with van der Waals surface area (Å²) in [7, 11) is 0. The van der Waals surface area contributed by atoms with Crippen molar-refractivity contribution in [3.8, 4) is 5.75 Å². The first-order valence-corrected chi connectivity index (χ1v) is 10.3. The minimum Gasteiger partial charge on any atom is -0.490 e. The second-order valence-corrected chi connectivity index (χ2v) is 7.53. The Hall–Kier alpha value is -3.86. The number of fused-ring (bicyclic) bond motifs is 1. The van der Waals surface area contributed by atoms with Gasteiger partial charge in [0.05, 0.1) is 22.7 Å². The zero-order valence-electron chi connectivity index (χ0n) is 17.6. The molecule has 3 aromatic carbocycles. The third-order valence-corrected chi connectivity index (χ3v) is 4.77. The number of carbonyl (C=O) groups is 1. The molecule has 2 N–H and O–H groups in total. The van der Waals surface area contributed by atoms with Crippen LogP contribution < -0.4 is 10.1 Å². The smallest absolute Gasteiger partial charge is 0.255 e. The Bertz CT molecular complexity index is 1180. The lowest BCUT2D eigenvalue weighted by Gasteiger charge is -2.13. The molecule has 1 aromatic heterocycles. The molecule has 1 heterocycles. The van der Waals surface area contributed by atoms with Crippen molar-refractivity contribution >= 4 is 28.6 Å². The summed E-state index contributed by atoms with van der Waals surface area (Å²) in [6.45, 7) is 4.39. The van der Waals surface area contributed by atoms with Crippen molar-refractivity contribution in [3.05, 3.63) is 95.8 Å². The monoisotopic (exact) mass is 411 g/mol. The minimum absolute atomic E-state index is 0.0242. The molecular weight excluding hydrogens is 386 g/mol. The van der Waals surface area contributed by atoms with E-state index in [2.05, 4.69) is 15.3 Å². The van der Waals surface area contributed by atoms with E-state index in [-0.39, 0.29) is 12.0 Å². The zero-order valence-corrected chi connectivity index (χ0v) is 17.6. The van der Waals surface area contributed by atoms with Crippen molar-refractivity contribution in [2.24, 2.45) is 0 Å². The molecule has 0 unspecified atom stereocenters. The molecule has 0 saturated heterocycles. The molecule has 4 rings (SSSR count). The number of hydrogen-bond donors (Lipinski definition) is 2. The van der Waals surface area contributed by atoms with E-state index in [9.17, 15) is 4.79 Å². The minimum atomic E-state index is -0.206. The van der Waals surface area contributed by atoms with Gasteiger partial charge < -0.3 is 15.0 Å². The summed E-state index contributed by atoms with van der Waals surface area (Å²) in [5, 5.41) is 3.01. The number of nitrogens with zero attached hydrogens (tertiary/aromatic N) is 1. The summed E-state index contributed by atoms with van der Waals surface area (Å²) in [6.07, 6.45) is 1.85. The maximum atomic E-state index is 13.3. The second-order valence-electron chi connectivity index (χ2n) is 7.53. The van der Waals surface area contributed by atoms with E-state index in [4.69, 9.17) is 4.74 Å². The van der Waals surface area contributed by atoms with Crippen LogP contribution in [-0.4, -0.2) is 22.0 Å². The quantitative estimate of drug-likeness (QED) is 0.410. The number of aromatic nitrogens is 2. The van der Waals surface area contributed by atoms with Gasteiger partial charge in [0, 0.05) is 12.1 Å². The van der Waals surface area contributed by atoms with Gasteiger partial charge in [0.15, 0.2) is 0 Å². The molecule has 0 bridgehead atoms. The highest BCUT2D eigenvalue weighted by molar-refractivity contribution is 6.23. The predicted molar refractivity (Wildman–Crippen MR) is 124 cm³/mol. The molecule has 0 aliphatic carbocycles. The molecule has 0 radical (unpaired) electrons. The SMILES string of the molecule is CC(C)Oc1ccccc1/C=C(/C(=O)NCc1ccccc1)c1nc2ccccc2[nH]1. The molecule has 156 valence electrons. The number of nitrogens with one attached hydrogen (secondary N) is 2. The molecule has 5 nitrogen and oxygen atoms in total. The standard InChI is InChI=1S/C26H25N3O2/c1-18(2)31-24-15-9-6-12-20(24)16-21(25-28-22-13-7-8-14-23(22)29-25)26(30)27-17-19-10-4-3-5-11-19/h3-16,18H,17H2,1-2H3,(H,27,30)(H,28,29)/b21-16+. The molecule has 4 aromatic rings. The first-order chi connectivity index (χ1) is 15.1. The Balaban J connectivity index is 1.72. The number of aromatic amines is 1. The van der Waals surface area contributed by atoms with Crippen LogP contribution in [0, 0.1) is 0 Å². The van der Waals surface area contributed by atoms with Crippen LogP contribution in [-0.2, 0) is 11.3 Å². The third-order valence-electron chi connectivity index (χ3n) is 4.77. The van der Waals surface area contributed by atoms with E-state index in [0.29, 0.717) is 17.9 Å². The summed E-state index contributed by atoms with van der Waals surface area (Å²) in [5.74, 6) is 1.04. The fourth-order valence-electron chi connectivity index (χ4n) is 3.31. The molecule has 5 heteroatoms. The molecule has 0 saturated carbocycles. The Kier molecular flexibility index (Phi) is 6.13. The van der Waals surface area contributed by atoms with Crippen molar-refractivity contribution in [1.29, 1.82) is 0 Å². The summed E-state index contributed by atoms with van der Waals surface area (Å²) in [4.78, 5) is 21.2. The van der Waals surface area contributed by atoms with Crippen molar-refractivity contribution < 1.29 is 9.53 Å². The van der Waals surface area contributed by atoms with Crippen LogP contribution in [0.1, 0.15) is 30.8 Å². The highest BCUT2D eigenvalue weighted by Crippen LogP contribution is 2.26. The highest BCUT2D eigenvalue weighted by atomic mass is 16.5. The normalized spacial score (nSPS) is 11.6. The van der Waals surface area contributed by atoms with Crippen molar-refractivity contribution in [3.63, 3.8) is 0 Å². The highest BCUT2D eigenvalue weighted by Gasteiger charge is 2.17. The zero-order chi connectivity index (χ0) is 21.6. The van der Waals surface area contributed by atoms with Gasteiger partial charge in [-0.2, -0.15) is 0 Å². The largest absolute Gasteiger partial charge is 0.490 e. The van der Waals surface area contributed by atoms with Crippen molar-refractivity contribution in [1.82, 2.24) is 15.3 Å². The Morgan fingerprint density at radius 2 is 1.71 bits per heavy atom. The van der Waals surface area contributed by atoms with Crippen LogP contribution >= 0.6 is 0 Å². The van der Waals surface area contributed by atoms with Crippen molar-refractivity contribution in [2.75, 3.05) is 0 Å². The van der Waals surface area contributed by atoms with E-state index in [0.717, 1.165) is 27.9 Å². The molecule has 0 atom stereocenters.